The molecule has 2 fully saturated rings. The highest BCUT2D eigenvalue weighted by molar-refractivity contribution is 6.02. The highest BCUT2D eigenvalue weighted by Gasteiger charge is 2.32. The molecule has 8 N–H and O–H groups in total. The Labute approximate surface area is 412 Å². The molecule has 7 heterocycles. The van der Waals surface area contributed by atoms with Gasteiger partial charge in [-0.25, -0.2) is 19.9 Å². The molecule has 2 amide bonds. The summed E-state index contributed by atoms with van der Waals surface area (Å²) in [4.78, 5) is 51.1. The molecule has 0 atom stereocenters. The van der Waals surface area contributed by atoms with E-state index in [0.29, 0.717) is 49.3 Å². The van der Waals surface area contributed by atoms with E-state index in [4.69, 9.17) is 17.2 Å². The number of piperidine rings is 2. The average Bonchev–Trinajstić information content (AvgIpc) is 3.66. The molecule has 3 aliphatic rings. The largest absolute Gasteiger partial charge is 0.383 e. The van der Waals surface area contributed by atoms with Crippen molar-refractivity contribution in [3.8, 4) is 0 Å². The van der Waals surface area contributed by atoms with E-state index < -0.39 is 5.95 Å². The summed E-state index contributed by atoms with van der Waals surface area (Å²) < 4.78 is 14.5. The number of nitrogens with zero attached hydrogens (tertiary/aromatic N) is 8. The van der Waals surface area contributed by atoms with Crippen LogP contribution in [-0.2, 0) is 26.2 Å². The number of hydrogen-bond acceptors (Lipinski definition) is 13. The van der Waals surface area contributed by atoms with Crippen LogP contribution in [0.15, 0.2) is 85.5 Å². The van der Waals surface area contributed by atoms with Gasteiger partial charge in [-0.05, 0) is 181 Å². The van der Waals surface area contributed by atoms with Crippen molar-refractivity contribution in [2.75, 3.05) is 70.1 Å². The predicted octanol–water partition coefficient (Wildman–Crippen LogP) is 7.31. The molecule has 372 valence electrons. The van der Waals surface area contributed by atoms with Gasteiger partial charge in [0.25, 0.3) is 11.8 Å². The van der Waals surface area contributed by atoms with Gasteiger partial charge >= 0.3 is 0 Å². The van der Waals surface area contributed by atoms with Gasteiger partial charge in [-0.2, -0.15) is 4.39 Å². The molecule has 2 saturated heterocycles. The Hall–Kier alpha value is -6.33. The zero-order valence-electron chi connectivity index (χ0n) is 41.8. The first-order valence-corrected chi connectivity index (χ1v) is 24.7. The molecule has 0 radical (unpaired) electrons. The lowest BCUT2D eigenvalue weighted by Crippen LogP contribution is -2.43. The van der Waals surface area contributed by atoms with Crippen LogP contribution >= 0.6 is 0 Å². The van der Waals surface area contributed by atoms with Crippen molar-refractivity contribution >= 4 is 50.8 Å². The summed E-state index contributed by atoms with van der Waals surface area (Å²) in [5.41, 5.74) is 21.9. The standard InChI is InChI=1S/C24H28N6O.C23H28FN5O.C7H16N2/c1-29-10-6-16(7-11-29)13-28-23-21-19(5-9-27-23)15-30(24(21)31)14-17-2-3-20-18(12-17)4-8-26-22(20)25;1-14(2)29(15(3)4)23(30)20-18(8-9-27-21(20)24)13-26-12-16-5-6-19-17(11-16)7-10-28-22(19)25;1-9-4-2-7(6-8)3-5-9/h2-5,8-9,12,16H,6-7,10-11,13-15H2,1H3,(H2,25,26)(H,27,28);5-11,14-15,26H,12-13H2,1-4H3,(H2,25,28);7H,2-6,8H2,1H3. The molecule has 0 unspecified atom stereocenters. The molecule has 15 nitrogen and oxygen atoms in total. The monoisotopic (exact) mass is 954 g/mol. The van der Waals surface area contributed by atoms with Crippen molar-refractivity contribution in [1.82, 2.24) is 44.9 Å². The van der Waals surface area contributed by atoms with Gasteiger partial charge < -0.3 is 47.4 Å². The summed E-state index contributed by atoms with van der Waals surface area (Å²) in [5, 5.41) is 10.7. The number of rotatable bonds is 13. The number of aromatic nitrogens is 4. The zero-order chi connectivity index (χ0) is 49.9. The van der Waals surface area contributed by atoms with E-state index in [-0.39, 0.29) is 29.5 Å². The molecule has 9 rings (SSSR count). The predicted molar refractivity (Wildman–Crippen MR) is 279 cm³/mol. The first-order chi connectivity index (χ1) is 33.7. The van der Waals surface area contributed by atoms with Crippen LogP contribution in [0.25, 0.3) is 21.5 Å². The number of likely N-dealkylation sites (tertiary alicyclic amines) is 2. The van der Waals surface area contributed by atoms with Crippen molar-refractivity contribution in [2.45, 2.75) is 91.6 Å². The summed E-state index contributed by atoms with van der Waals surface area (Å²) in [6, 6.07) is 19.5. The summed E-state index contributed by atoms with van der Waals surface area (Å²) in [5.74, 6) is 2.16. The van der Waals surface area contributed by atoms with E-state index in [1.165, 1.54) is 45.0 Å². The lowest BCUT2D eigenvalue weighted by atomic mass is 9.97. The Bertz CT molecular complexity index is 2710. The van der Waals surface area contributed by atoms with E-state index in [1.807, 2.05) is 81.1 Å². The topological polar surface area (TPSA) is 201 Å². The van der Waals surface area contributed by atoms with Gasteiger partial charge in [0.2, 0.25) is 5.95 Å². The number of benzene rings is 2. The maximum Gasteiger partial charge on any atom is 0.259 e. The molecule has 2 aromatic carbocycles. The molecule has 4 aromatic heterocycles. The number of carbonyl (C=O) groups is 2. The summed E-state index contributed by atoms with van der Waals surface area (Å²) in [6.07, 6.45) is 11.6. The van der Waals surface area contributed by atoms with Crippen LogP contribution in [0, 0.1) is 17.8 Å². The van der Waals surface area contributed by atoms with E-state index in [0.717, 1.165) is 81.7 Å². The van der Waals surface area contributed by atoms with Crippen LogP contribution in [0.3, 0.4) is 0 Å². The van der Waals surface area contributed by atoms with Crippen LogP contribution in [0.5, 0.6) is 0 Å². The van der Waals surface area contributed by atoms with Gasteiger partial charge in [-0.3, -0.25) is 9.59 Å². The molecule has 70 heavy (non-hydrogen) atoms. The number of nitrogens with two attached hydrogens (primary N) is 3. The third-order valence-corrected chi connectivity index (χ3v) is 13.8. The molecule has 16 heteroatoms. The van der Waals surface area contributed by atoms with Crippen molar-refractivity contribution in [3.05, 3.63) is 125 Å². The maximum atomic E-state index is 14.5. The second-order valence-corrected chi connectivity index (χ2v) is 19.6. The van der Waals surface area contributed by atoms with Gasteiger partial charge in [-0.1, -0.05) is 24.3 Å². The Morgan fingerprint density at radius 2 is 1.30 bits per heavy atom. The number of amides is 2. The normalized spacial score (nSPS) is 15.7. The minimum atomic E-state index is -0.737. The Morgan fingerprint density at radius 3 is 1.90 bits per heavy atom. The molecule has 6 aromatic rings. The van der Waals surface area contributed by atoms with Crippen molar-refractivity contribution in [1.29, 1.82) is 0 Å². The molecule has 0 saturated carbocycles. The number of carbonyl (C=O) groups excluding carboxylic acids is 2. The third kappa shape index (κ3) is 12.9. The van der Waals surface area contributed by atoms with Gasteiger partial charge in [0.15, 0.2) is 0 Å². The van der Waals surface area contributed by atoms with Gasteiger partial charge in [-0.15, -0.1) is 0 Å². The fourth-order valence-corrected chi connectivity index (χ4v) is 9.69. The molecular weight excluding hydrogens is 882 g/mol. The Morgan fingerprint density at radius 1 is 0.743 bits per heavy atom. The van der Waals surface area contributed by atoms with Gasteiger partial charge in [0.1, 0.15) is 17.5 Å². The van der Waals surface area contributed by atoms with Crippen LogP contribution in [0.1, 0.15) is 96.3 Å². The minimum absolute atomic E-state index is 0.0322. The number of pyridine rings is 4. The number of fused-ring (bicyclic) bond motifs is 3. The first kappa shape index (κ1) is 51.5. The highest BCUT2D eigenvalue weighted by atomic mass is 19.1. The highest BCUT2D eigenvalue weighted by Crippen LogP contribution is 2.31. The number of anilines is 3. The quantitative estimate of drug-likeness (QED) is 0.0723. The Balaban J connectivity index is 0.000000175. The smallest absolute Gasteiger partial charge is 0.259 e. The van der Waals surface area contributed by atoms with Crippen LogP contribution in [0.4, 0.5) is 21.8 Å². The second kappa shape index (κ2) is 24.0. The summed E-state index contributed by atoms with van der Waals surface area (Å²) in [6.45, 7) is 16.3. The zero-order valence-corrected chi connectivity index (χ0v) is 41.8. The van der Waals surface area contributed by atoms with Gasteiger partial charge in [0.05, 0.1) is 11.1 Å². The minimum Gasteiger partial charge on any atom is -0.383 e. The lowest BCUT2D eigenvalue weighted by molar-refractivity contribution is 0.0635. The van der Waals surface area contributed by atoms with E-state index in [1.54, 1.807) is 29.6 Å². The molecule has 3 aliphatic heterocycles. The number of nitrogens with one attached hydrogen (secondary N) is 2. The first-order valence-electron chi connectivity index (χ1n) is 24.7. The van der Waals surface area contributed by atoms with E-state index in [2.05, 4.69) is 60.5 Å². The van der Waals surface area contributed by atoms with E-state index >= 15 is 0 Å². The lowest BCUT2D eigenvalue weighted by Gasteiger charge is -2.31. The number of hydrogen-bond donors (Lipinski definition) is 5. The second-order valence-electron chi connectivity index (χ2n) is 19.6. The van der Waals surface area contributed by atoms with Crippen LogP contribution < -0.4 is 27.8 Å². The fourth-order valence-electron chi connectivity index (χ4n) is 9.69. The van der Waals surface area contributed by atoms with Crippen LogP contribution in [0.2, 0.25) is 0 Å². The third-order valence-electron chi connectivity index (χ3n) is 13.8. The van der Waals surface area contributed by atoms with Crippen molar-refractivity contribution in [3.63, 3.8) is 0 Å². The molecule has 0 aliphatic carbocycles. The van der Waals surface area contributed by atoms with Gasteiger partial charge in [0, 0.05) is 80.4 Å². The summed E-state index contributed by atoms with van der Waals surface area (Å²) in [7, 11) is 4.34. The number of halogens is 1. The number of nitrogen functional groups attached to an aromatic ring is 2. The van der Waals surface area contributed by atoms with Crippen molar-refractivity contribution in [2.24, 2.45) is 17.6 Å². The molecule has 0 spiro atoms. The average molecular weight is 954 g/mol. The van der Waals surface area contributed by atoms with Crippen molar-refractivity contribution < 1.29 is 14.0 Å². The Kier molecular flexibility index (Phi) is 17.7. The van der Waals surface area contributed by atoms with E-state index in [9.17, 15) is 14.0 Å². The molecular formula is C54H72FN13O2. The fraction of sp³-hybridized carbons (Fsp3) is 0.444. The summed E-state index contributed by atoms with van der Waals surface area (Å²) >= 11 is 0. The molecule has 0 bridgehead atoms. The maximum absolute atomic E-state index is 14.5. The SMILES string of the molecule is CC(C)N(C(=O)c1c(CNCc2ccc3c(N)nccc3c2)ccnc1F)C(C)C.CN1CCC(CN)CC1.CN1CCC(CNc2nccc3c2C(=O)N(Cc2ccc4c(N)nccc4c2)C3)CC1. The van der Waals surface area contributed by atoms with Crippen LogP contribution in [-0.4, -0.2) is 117 Å².